The standard InChI is InChI=1S/C12H9FN4OS/c13-6-1-2-9-7(3-6)8-4-15-17-12(11(8)16-9)19-5-10(14)18/h1-4,16H,5H2,(H2,14,18). The number of amides is 1. The second-order valence-electron chi connectivity index (χ2n) is 4.01. The van der Waals surface area contributed by atoms with Crippen molar-refractivity contribution in [2.75, 3.05) is 5.75 Å². The van der Waals surface area contributed by atoms with Gasteiger partial charge in [-0.15, -0.1) is 5.10 Å². The minimum Gasteiger partial charge on any atom is -0.369 e. The zero-order chi connectivity index (χ0) is 13.4. The first-order valence-corrected chi connectivity index (χ1v) is 6.47. The smallest absolute Gasteiger partial charge is 0.227 e. The molecule has 0 spiro atoms. The van der Waals surface area contributed by atoms with E-state index in [-0.39, 0.29) is 11.6 Å². The number of fused-ring (bicyclic) bond motifs is 3. The largest absolute Gasteiger partial charge is 0.369 e. The van der Waals surface area contributed by atoms with Crippen molar-refractivity contribution in [3.05, 3.63) is 30.2 Å². The van der Waals surface area contributed by atoms with Crippen molar-refractivity contribution in [2.45, 2.75) is 5.03 Å². The van der Waals surface area contributed by atoms with Crippen molar-refractivity contribution in [2.24, 2.45) is 5.73 Å². The van der Waals surface area contributed by atoms with E-state index in [2.05, 4.69) is 15.2 Å². The third-order valence-electron chi connectivity index (χ3n) is 2.70. The highest BCUT2D eigenvalue weighted by Gasteiger charge is 2.11. The average Bonchev–Trinajstić information content (AvgIpc) is 2.75. The number of aromatic nitrogens is 3. The summed E-state index contributed by atoms with van der Waals surface area (Å²) in [5, 5.41) is 9.95. The lowest BCUT2D eigenvalue weighted by Crippen LogP contribution is -2.13. The number of nitrogens with two attached hydrogens (primary N) is 1. The van der Waals surface area contributed by atoms with E-state index in [1.807, 2.05) is 0 Å². The Morgan fingerprint density at radius 3 is 3.05 bits per heavy atom. The van der Waals surface area contributed by atoms with Crippen LogP contribution in [0.1, 0.15) is 0 Å². The molecule has 0 saturated heterocycles. The lowest BCUT2D eigenvalue weighted by Gasteiger charge is -1.98. The quantitative estimate of drug-likeness (QED) is 0.715. The number of carbonyl (C=O) groups is 1. The van der Waals surface area contributed by atoms with Crippen LogP contribution in [0.3, 0.4) is 0 Å². The van der Waals surface area contributed by atoms with Crippen LogP contribution in [0, 0.1) is 5.82 Å². The third kappa shape index (κ3) is 2.12. The minimum absolute atomic E-state index is 0.123. The Labute approximate surface area is 111 Å². The number of primary amides is 1. The number of thioether (sulfide) groups is 1. The number of benzene rings is 1. The van der Waals surface area contributed by atoms with Crippen LogP contribution in [-0.2, 0) is 4.79 Å². The maximum atomic E-state index is 13.3. The van der Waals surface area contributed by atoms with E-state index in [9.17, 15) is 9.18 Å². The maximum Gasteiger partial charge on any atom is 0.227 e. The Morgan fingerprint density at radius 2 is 2.26 bits per heavy atom. The van der Waals surface area contributed by atoms with Gasteiger partial charge in [0.25, 0.3) is 0 Å². The molecule has 0 aliphatic carbocycles. The number of H-pyrrole nitrogens is 1. The van der Waals surface area contributed by atoms with Gasteiger partial charge in [0.15, 0.2) is 0 Å². The monoisotopic (exact) mass is 276 g/mol. The molecule has 96 valence electrons. The van der Waals surface area contributed by atoms with E-state index >= 15 is 0 Å². The molecule has 3 aromatic rings. The summed E-state index contributed by atoms with van der Waals surface area (Å²) in [7, 11) is 0. The predicted molar refractivity (Wildman–Crippen MR) is 71.3 cm³/mol. The summed E-state index contributed by atoms with van der Waals surface area (Å²) in [5.41, 5.74) is 6.65. The Kier molecular flexibility index (Phi) is 2.83. The summed E-state index contributed by atoms with van der Waals surface area (Å²) in [6, 6.07) is 4.49. The lowest BCUT2D eigenvalue weighted by molar-refractivity contribution is -0.115. The molecule has 1 amide bonds. The Bertz CT molecular complexity index is 786. The van der Waals surface area contributed by atoms with Crippen molar-refractivity contribution in [1.82, 2.24) is 15.2 Å². The van der Waals surface area contributed by atoms with Gasteiger partial charge < -0.3 is 10.7 Å². The van der Waals surface area contributed by atoms with Gasteiger partial charge in [0.05, 0.1) is 17.5 Å². The van der Waals surface area contributed by atoms with Gasteiger partial charge in [0.1, 0.15) is 10.8 Å². The highest BCUT2D eigenvalue weighted by Crippen LogP contribution is 2.30. The highest BCUT2D eigenvalue weighted by atomic mass is 32.2. The normalized spacial score (nSPS) is 11.2. The van der Waals surface area contributed by atoms with Gasteiger partial charge in [0.2, 0.25) is 5.91 Å². The number of carbonyl (C=O) groups excluding carboxylic acids is 1. The van der Waals surface area contributed by atoms with Crippen LogP contribution in [0.4, 0.5) is 4.39 Å². The Morgan fingerprint density at radius 1 is 1.42 bits per heavy atom. The number of nitrogens with one attached hydrogen (secondary N) is 1. The Hall–Kier alpha value is -2.15. The molecule has 0 fully saturated rings. The fourth-order valence-electron chi connectivity index (χ4n) is 1.92. The van der Waals surface area contributed by atoms with E-state index in [1.165, 1.54) is 23.9 Å². The number of halogens is 1. The molecule has 2 heterocycles. The number of hydrogen-bond donors (Lipinski definition) is 2. The second kappa shape index (κ2) is 4.51. The van der Waals surface area contributed by atoms with Crippen molar-refractivity contribution >= 4 is 39.5 Å². The molecule has 7 heteroatoms. The molecule has 3 rings (SSSR count). The molecule has 2 aromatic heterocycles. The van der Waals surface area contributed by atoms with Crippen LogP contribution in [0.15, 0.2) is 29.4 Å². The second-order valence-corrected chi connectivity index (χ2v) is 4.97. The zero-order valence-corrected chi connectivity index (χ0v) is 10.5. The molecular weight excluding hydrogens is 267 g/mol. The van der Waals surface area contributed by atoms with Crippen LogP contribution in [0.25, 0.3) is 21.8 Å². The van der Waals surface area contributed by atoms with Gasteiger partial charge in [-0.3, -0.25) is 4.79 Å². The predicted octanol–water partition coefficient (Wildman–Crippen LogP) is 1.83. The highest BCUT2D eigenvalue weighted by molar-refractivity contribution is 8.00. The molecule has 1 aromatic carbocycles. The average molecular weight is 276 g/mol. The van der Waals surface area contributed by atoms with E-state index < -0.39 is 5.91 Å². The molecule has 3 N–H and O–H groups in total. The molecule has 5 nitrogen and oxygen atoms in total. The molecule has 0 saturated carbocycles. The minimum atomic E-state index is -0.425. The number of hydrogen-bond acceptors (Lipinski definition) is 4. The van der Waals surface area contributed by atoms with Crippen LogP contribution in [0.5, 0.6) is 0 Å². The summed E-state index contributed by atoms with van der Waals surface area (Å²) in [5.74, 6) is -0.611. The summed E-state index contributed by atoms with van der Waals surface area (Å²) in [6.45, 7) is 0. The topological polar surface area (TPSA) is 84.7 Å². The van der Waals surface area contributed by atoms with Crippen molar-refractivity contribution in [1.29, 1.82) is 0 Å². The Balaban J connectivity index is 2.19. The van der Waals surface area contributed by atoms with Crippen LogP contribution in [-0.4, -0.2) is 26.8 Å². The van der Waals surface area contributed by atoms with Gasteiger partial charge in [0, 0.05) is 16.3 Å². The first-order valence-electron chi connectivity index (χ1n) is 5.49. The molecule has 0 aliphatic heterocycles. The van der Waals surface area contributed by atoms with E-state index in [4.69, 9.17) is 5.73 Å². The first kappa shape index (κ1) is 11.9. The summed E-state index contributed by atoms with van der Waals surface area (Å²) in [6.07, 6.45) is 1.57. The molecule has 0 radical (unpaired) electrons. The van der Waals surface area contributed by atoms with Gasteiger partial charge in [-0.2, -0.15) is 5.10 Å². The zero-order valence-electron chi connectivity index (χ0n) is 9.68. The van der Waals surface area contributed by atoms with Gasteiger partial charge >= 0.3 is 0 Å². The first-order chi connectivity index (χ1) is 9.15. The van der Waals surface area contributed by atoms with Gasteiger partial charge in [-0.1, -0.05) is 11.8 Å². The molecular formula is C12H9FN4OS. The number of rotatable bonds is 3. The molecule has 0 atom stereocenters. The fraction of sp³-hybridized carbons (Fsp3) is 0.0833. The molecule has 19 heavy (non-hydrogen) atoms. The SMILES string of the molecule is NC(=O)CSc1nncc2c1[nH]c1ccc(F)cc12. The summed E-state index contributed by atoms with van der Waals surface area (Å²) >= 11 is 1.20. The molecule has 0 aliphatic rings. The van der Waals surface area contributed by atoms with Crippen molar-refractivity contribution in [3.63, 3.8) is 0 Å². The van der Waals surface area contributed by atoms with E-state index in [1.54, 1.807) is 12.3 Å². The molecule has 0 bridgehead atoms. The van der Waals surface area contributed by atoms with Gasteiger partial charge in [-0.25, -0.2) is 4.39 Å². The summed E-state index contributed by atoms with van der Waals surface area (Å²) in [4.78, 5) is 14.0. The van der Waals surface area contributed by atoms with Gasteiger partial charge in [-0.05, 0) is 18.2 Å². The van der Waals surface area contributed by atoms with Crippen molar-refractivity contribution < 1.29 is 9.18 Å². The number of nitrogens with zero attached hydrogens (tertiary/aromatic N) is 2. The van der Waals surface area contributed by atoms with Crippen LogP contribution >= 0.6 is 11.8 Å². The molecule has 0 unspecified atom stereocenters. The third-order valence-corrected chi connectivity index (χ3v) is 3.69. The maximum absolute atomic E-state index is 13.3. The van der Waals surface area contributed by atoms with E-state index in [0.717, 1.165) is 21.8 Å². The van der Waals surface area contributed by atoms with E-state index in [0.29, 0.717) is 5.03 Å². The van der Waals surface area contributed by atoms with Crippen LogP contribution < -0.4 is 5.73 Å². The summed E-state index contributed by atoms with van der Waals surface area (Å²) < 4.78 is 13.3. The number of aromatic amines is 1. The fourth-order valence-corrected chi connectivity index (χ4v) is 2.61. The lowest BCUT2D eigenvalue weighted by atomic mass is 10.2. The van der Waals surface area contributed by atoms with Crippen molar-refractivity contribution in [3.8, 4) is 0 Å². The van der Waals surface area contributed by atoms with Crippen LogP contribution in [0.2, 0.25) is 0 Å².